The van der Waals surface area contributed by atoms with E-state index in [0.717, 1.165) is 50.4 Å². The van der Waals surface area contributed by atoms with Gasteiger partial charge in [0.2, 0.25) is 5.95 Å². The number of aromatic nitrogens is 6. The SMILES string of the molecule is Fc1cc2nc([C@@H]3CCCN3)[nH]c2cc1[C@H]1CC[C@H](c2cc3[nH]c([C@@H]4CCCN4)nc3cc2F)N1c1cc(F)c(N2CCN(c3ncccn3)CC2)c(F)c1. The first-order valence-electron chi connectivity index (χ1n) is 19.3. The first kappa shape index (κ1) is 34.2. The zero-order chi connectivity index (χ0) is 37.2. The highest BCUT2D eigenvalue weighted by molar-refractivity contribution is 5.78. The molecule has 4 fully saturated rings. The Hall–Kier alpha value is -5.28. The van der Waals surface area contributed by atoms with Crippen molar-refractivity contribution in [1.82, 2.24) is 40.5 Å². The highest BCUT2D eigenvalue weighted by Gasteiger charge is 2.40. The molecule has 284 valence electrons. The lowest BCUT2D eigenvalue weighted by Crippen LogP contribution is -2.47. The smallest absolute Gasteiger partial charge is 0.225 e. The lowest BCUT2D eigenvalue weighted by atomic mass is 10.0. The first-order valence-corrected chi connectivity index (χ1v) is 19.3. The largest absolute Gasteiger partial charge is 0.363 e. The Kier molecular flexibility index (Phi) is 8.58. The zero-order valence-electron chi connectivity index (χ0n) is 30.1. The van der Waals surface area contributed by atoms with Crippen molar-refractivity contribution in [3.8, 4) is 0 Å². The molecular weight excluding hydrogens is 711 g/mol. The lowest BCUT2D eigenvalue weighted by molar-refractivity contribution is 0.545. The maximum Gasteiger partial charge on any atom is 0.225 e. The number of nitrogens with zero attached hydrogens (tertiary/aromatic N) is 7. The Morgan fingerprint density at radius 1 is 0.582 bits per heavy atom. The van der Waals surface area contributed by atoms with Crippen LogP contribution in [0.1, 0.15) is 85.5 Å². The summed E-state index contributed by atoms with van der Waals surface area (Å²) in [6.45, 7) is 3.49. The van der Waals surface area contributed by atoms with Gasteiger partial charge in [-0.15, -0.1) is 0 Å². The molecule has 4 aliphatic heterocycles. The number of imidazole rings is 2. The Morgan fingerprint density at radius 2 is 1.09 bits per heavy atom. The zero-order valence-corrected chi connectivity index (χ0v) is 30.1. The summed E-state index contributed by atoms with van der Waals surface area (Å²) in [7, 11) is 0. The van der Waals surface area contributed by atoms with E-state index in [9.17, 15) is 0 Å². The van der Waals surface area contributed by atoms with Gasteiger partial charge >= 0.3 is 0 Å². The summed E-state index contributed by atoms with van der Waals surface area (Å²) in [6.07, 6.45) is 8.11. The van der Waals surface area contributed by atoms with Crippen LogP contribution in [-0.4, -0.2) is 69.2 Å². The van der Waals surface area contributed by atoms with E-state index in [-0.39, 0.29) is 23.5 Å². The summed E-state index contributed by atoms with van der Waals surface area (Å²) in [5.74, 6) is -0.342. The van der Waals surface area contributed by atoms with Crippen molar-refractivity contribution >= 4 is 39.4 Å². The monoisotopic (exact) mass is 751 g/mol. The van der Waals surface area contributed by atoms with E-state index in [1.807, 2.05) is 4.90 Å². The van der Waals surface area contributed by atoms with E-state index in [1.54, 1.807) is 40.4 Å². The fraction of sp³-hybridized carbons (Fsp3) is 0.400. The molecule has 0 saturated carbocycles. The Morgan fingerprint density at radius 3 is 1.58 bits per heavy atom. The molecular formula is C40H41F4N11. The molecule has 4 saturated heterocycles. The molecule has 55 heavy (non-hydrogen) atoms. The van der Waals surface area contributed by atoms with Crippen molar-refractivity contribution in [3.63, 3.8) is 0 Å². The second-order valence-electron chi connectivity index (χ2n) is 15.1. The number of aromatic amines is 2. The number of benzene rings is 3. The van der Waals surface area contributed by atoms with E-state index < -0.39 is 35.4 Å². The van der Waals surface area contributed by atoms with Gasteiger partial charge < -0.3 is 35.3 Å². The predicted molar refractivity (Wildman–Crippen MR) is 202 cm³/mol. The van der Waals surface area contributed by atoms with Crippen LogP contribution >= 0.6 is 0 Å². The van der Waals surface area contributed by atoms with Gasteiger partial charge in [-0.05, 0) is 81.9 Å². The summed E-state index contributed by atoms with van der Waals surface area (Å²) in [5.41, 5.74) is 3.16. The summed E-state index contributed by atoms with van der Waals surface area (Å²) in [5, 5.41) is 6.86. The molecule has 0 spiro atoms. The second kappa shape index (κ2) is 13.8. The summed E-state index contributed by atoms with van der Waals surface area (Å²) in [6, 6.07) is 9.53. The van der Waals surface area contributed by atoms with Gasteiger partial charge in [0, 0.05) is 67.5 Å². The summed E-state index contributed by atoms with van der Waals surface area (Å²) in [4.78, 5) is 30.2. The lowest BCUT2D eigenvalue weighted by Gasteiger charge is -2.37. The van der Waals surface area contributed by atoms with Gasteiger partial charge in [-0.25, -0.2) is 37.5 Å². The number of nitrogens with one attached hydrogen (secondary N) is 4. The molecule has 4 N–H and O–H groups in total. The number of fused-ring (bicyclic) bond motifs is 2. The van der Waals surface area contributed by atoms with Crippen LogP contribution in [0.25, 0.3) is 22.1 Å². The van der Waals surface area contributed by atoms with E-state index in [1.165, 1.54) is 24.3 Å². The molecule has 0 amide bonds. The minimum absolute atomic E-state index is 0.0655. The maximum absolute atomic E-state index is 16.4. The van der Waals surface area contributed by atoms with Crippen LogP contribution in [0.2, 0.25) is 0 Å². The standard InChI is InChI=1S/C40H41F4N11/c41-25-20-33-31(49-38(51-33)29-4-1-8-45-29)18-23(25)35-6-7-36(24-19-32-34(21-26(24)42)52-39(50-32)30-5-2-9-46-30)55(35)22-16-27(43)37(28(44)17-22)53-12-14-54(15-13-53)40-47-10-3-11-48-40/h3,10-11,16-21,29-30,35-36,45-46H,1-2,4-9,12-15H2,(H,49,51)(H,50,52)/t29-,30-,35+,36+/m0/s1. The predicted octanol–water partition coefficient (Wildman–Crippen LogP) is 7.04. The van der Waals surface area contributed by atoms with Gasteiger partial charge in [-0.2, -0.15) is 0 Å². The number of hydrogen-bond donors (Lipinski definition) is 4. The molecule has 0 unspecified atom stereocenters. The van der Waals surface area contributed by atoms with Crippen LogP contribution in [-0.2, 0) is 0 Å². The molecule has 3 aromatic carbocycles. The Bertz CT molecular complexity index is 2230. The summed E-state index contributed by atoms with van der Waals surface area (Å²) < 4.78 is 65.3. The molecule has 15 heteroatoms. The minimum atomic E-state index is -0.736. The number of H-pyrrole nitrogens is 2. The molecule has 10 rings (SSSR count). The molecule has 0 radical (unpaired) electrons. The van der Waals surface area contributed by atoms with Crippen LogP contribution in [0.3, 0.4) is 0 Å². The Labute approximate surface area is 314 Å². The number of halogens is 4. The molecule has 7 heterocycles. The number of rotatable bonds is 7. The normalized spacial score (nSPS) is 23.2. The fourth-order valence-corrected chi connectivity index (χ4v) is 9.18. The van der Waals surface area contributed by atoms with Gasteiger partial charge in [0.25, 0.3) is 0 Å². The second-order valence-corrected chi connectivity index (χ2v) is 15.1. The molecule has 6 aromatic rings. The van der Waals surface area contributed by atoms with Crippen molar-refractivity contribution < 1.29 is 17.6 Å². The van der Waals surface area contributed by atoms with Crippen molar-refractivity contribution in [2.75, 3.05) is 54.0 Å². The van der Waals surface area contributed by atoms with Gasteiger partial charge in [0.15, 0.2) is 11.6 Å². The van der Waals surface area contributed by atoms with Gasteiger partial charge in [-0.3, -0.25) is 0 Å². The van der Waals surface area contributed by atoms with Gasteiger partial charge in [0.05, 0.1) is 46.2 Å². The van der Waals surface area contributed by atoms with Gasteiger partial charge in [0.1, 0.15) is 29.0 Å². The van der Waals surface area contributed by atoms with Crippen molar-refractivity contribution in [2.45, 2.75) is 62.7 Å². The number of anilines is 3. The topological polar surface area (TPSA) is 117 Å². The minimum Gasteiger partial charge on any atom is -0.363 e. The molecule has 4 atom stereocenters. The third kappa shape index (κ3) is 6.13. The van der Waals surface area contributed by atoms with Crippen LogP contribution in [0, 0.1) is 23.3 Å². The van der Waals surface area contributed by atoms with Crippen LogP contribution in [0.5, 0.6) is 0 Å². The first-order chi connectivity index (χ1) is 26.9. The van der Waals surface area contributed by atoms with Crippen molar-refractivity contribution in [1.29, 1.82) is 0 Å². The van der Waals surface area contributed by atoms with E-state index in [4.69, 9.17) is 0 Å². The van der Waals surface area contributed by atoms with Crippen molar-refractivity contribution in [3.05, 3.63) is 101 Å². The summed E-state index contributed by atoms with van der Waals surface area (Å²) >= 11 is 0. The van der Waals surface area contributed by atoms with E-state index in [2.05, 4.69) is 40.5 Å². The van der Waals surface area contributed by atoms with E-state index in [0.29, 0.717) is 78.2 Å². The molecule has 0 aliphatic carbocycles. The fourth-order valence-electron chi connectivity index (χ4n) is 9.18. The highest BCUT2D eigenvalue weighted by atomic mass is 19.1. The average Bonchev–Trinajstić information content (AvgIpc) is 4.04. The average molecular weight is 752 g/mol. The maximum atomic E-state index is 16.4. The quantitative estimate of drug-likeness (QED) is 0.128. The van der Waals surface area contributed by atoms with Crippen LogP contribution in [0.4, 0.5) is 34.9 Å². The van der Waals surface area contributed by atoms with Crippen LogP contribution in [0.15, 0.2) is 54.9 Å². The van der Waals surface area contributed by atoms with E-state index >= 15 is 17.6 Å². The number of hydrogen-bond acceptors (Lipinski definition) is 9. The molecule has 0 bridgehead atoms. The molecule has 3 aromatic heterocycles. The van der Waals surface area contributed by atoms with Gasteiger partial charge in [-0.1, -0.05) is 0 Å². The third-order valence-corrected chi connectivity index (χ3v) is 11.9. The third-order valence-electron chi connectivity index (χ3n) is 11.9. The molecule has 11 nitrogen and oxygen atoms in total. The Balaban J connectivity index is 1.03. The highest BCUT2D eigenvalue weighted by Crippen LogP contribution is 2.50. The number of piperazine rings is 1. The van der Waals surface area contributed by atoms with Crippen molar-refractivity contribution in [2.24, 2.45) is 0 Å². The molecule has 4 aliphatic rings. The van der Waals surface area contributed by atoms with Crippen LogP contribution < -0.4 is 25.3 Å².